The van der Waals surface area contributed by atoms with Gasteiger partial charge in [0.15, 0.2) is 0 Å². The zero-order chi connectivity index (χ0) is 21.3. The molecule has 0 saturated carbocycles. The van der Waals surface area contributed by atoms with Crippen LogP contribution in [0.15, 0.2) is 54.6 Å². The molecule has 3 aromatic rings. The lowest BCUT2D eigenvalue weighted by molar-refractivity contribution is -0.113. The first-order valence-electron chi connectivity index (χ1n) is 10.0. The second kappa shape index (κ2) is 8.96. The Hall–Kier alpha value is -2.09. The zero-order valence-electron chi connectivity index (χ0n) is 16.7. The van der Waals surface area contributed by atoms with E-state index >= 15 is 0 Å². The molecule has 0 amide bonds. The highest BCUT2D eigenvalue weighted by molar-refractivity contribution is 7.15. The van der Waals surface area contributed by atoms with Gasteiger partial charge in [0.25, 0.3) is 0 Å². The second-order valence-corrected chi connectivity index (χ2v) is 8.90. The number of aryl methyl sites for hydroxylation is 1. The van der Waals surface area contributed by atoms with E-state index in [1.807, 2.05) is 37.3 Å². The molecule has 1 aliphatic rings. The SMILES string of the molecule is Cc1ccc(C2CC(O)CC(CO)O2)cc1C(O)c1ccc(-c2ccc(F)cc2)s1. The number of rotatable bonds is 5. The van der Waals surface area contributed by atoms with Gasteiger partial charge in [-0.1, -0.05) is 24.3 Å². The third kappa shape index (κ3) is 4.48. The van der Waals surface area contributed by atoms with E-state index in [2.05, 4.69) is 0 Å². The zero-order valence-corrected chi connectivity index (χ0v) is 17.5. The van der Waals surface area contributed by atoms with Crippen molar-refractivity contribution in [3.63, 3.8) is 0 Å². The highest BCUT2D eigenvalue weighted by atomic mass is 32.1. The Kier molecular flexibility index (Phi) is 6.32. The van der Waals surface area contributed by atoms with Crippen molar-refractivity contribution in [2.45, 2.75) is 44.2 Å². The summed E-state index contributed by atoms with van der Waals surface area (Å²) in [6.45, 7) is 1.82. The van der Waals surface area contributed by atoms with Crippen LogP contribution in [0.5, 0.6) is 0 Å². The van der Waals surface area contributed by atoms with Crippen molar-refractivity contribution in [2.75, 3.05) is 6.61 Å². The average Bonchev–Trinajstić information content (AvgIpc) is 3.24. The van der Waals surface area contributed by atoms with Crippen LogP contribution in [0.4, 0.5) is 4.39 Å². The highest BCUT2D eigenvalue weighted by Crippen LogP contribution is 2.37. The van der Waals surface area contributed by atoms with E-state index in [0.29, 0.717) is 12.8 Å². The van der Waals surface area contributed by atoms with E-state index < -0.39 is 12.2 Å². The summed E-state index contributed by atoms with van der Waals surface area (Å²) in [6, 6.07) is 16.0. The predicted molar refractivity (Wildman–Crippen MR) is 115 cm³/mol. The van der Waals surface area contributed by atoms with Crippen LogP contribution in [0.25, 0.3) is 10.4 Å². The molecule has 1 fully saturated rings. The first-order valence-corrected chi connectivity index (χ1v) is 10.8. The number of benzene rings is 2. The highest BCUT2D eigenvalue weighted by Gasteiger charge is 2.29. The Morgan fingerprint density at radius 3 is 2.60 bits per heavy atom. The molecule has 30 heavy (non-hydrogen) atoms. The monoisotopic (exact) mass is 428 g/mol. The fourth-order valence-corrected chi connectivity index (χ4v) is 4.92. The Morgan fingerprint density at radius 2 is 1.87 bits per heavy atom. The minimum absolute atomic E-state index is 0.129. The van der Waals surface area contributed by atoms with Crippen molar-refractivity contribution in [2.24, 2.45) is 0 Å². The van der Waals surface area contributed by atoms with Gasteiger partial charge in [0.1, 0.15) is 11.9 Å². The van der Waals surface area contributed by atoms with Crippen LogP contribution in [0.2, 0.25) is 0 Å². The second-order valence-electron chi connectivity index (χ2n) is 7.78. The van der Waals surface area contributed by atoms with Crippen molar-refractivity contribution < 1.29 is 24.4 Å². The molecule has 0 radical (unpaired) electrons. The third-order valence-electron chi connectivity index (χ3n) is 5.58. The topological polar surface area (TPSA) is 69.9 Å². The van der Waals surface area contributed by atoms with Crippen molar-refractivity contribution in [1.82, 2.24) is 0 Å². The quantitative estimate of drug-likeness (QED) is 0.559. The lowest BCUT2D eigenvalue weighted by Crippen LogP contribution is -2.33. The van der Waals surface area contributed by atoms with E-state index in [-0.39, 0.29) is 24.6 Å². The minimum atomic E-state index is -0.800. The van der Waals surface area contributed by atoms with Crippen LogP contribution in [-0.2, 0) is 4.74 Å². The average molecular weight is 429 g/mol. The summed E-state index contributed by atoms with van der Waals surface area (Å²) < 4.78 is 19.1. The van der Waals surface area contributed by atoms with Gasteiger partial charge in [0.2, 0.25) is 0 Å². The number of ether oxygens (including phenoxy) is 1. The standard InChI is InChI=1S/C24H25FO4S/c1-14-2-3-16(21-12-18(27)11-19(13-26)29-21)10-20(14)24(28)23-9-8-22(30-23)15-4-6-17(25)7-5-15/h2-10,18-19,21,24,26-28H,11-13H2,1H3. The van der Waals surface area contributed by atoms with Crippen LogP contribution in [0.3, 0.4) is 0 Å². The van der Waals surface area contributed by atoms with E-state index in [1.165, 1.54) is 23.5 Å². The molecule has 0 spiro atoms. The number of aliphatic hydroxyl groups excluding tert-OH is 3. The molecule has 2 aromatic carbocycles. The molecule has 0 bridgehead atoms. The number of thiophene rings is 1. The van der Waals surface area contributed by atoms with Gasteiger partial charge in [-0.15, -0.1) is 11.3 Å². The van der Waals surface area contributed by atoms with Crippen LogP contribution in [0.1, 0.15) is 46.6 Å². The summed E-state index contributed by atoms with van der Waals surface area (Å²) in [5, 5.41) is 30.6. The number of halogens is 1. The number of aliphatic hydroxyl groups is 3. The smallest absolute Gasteiger partial charge is 0.123 e. The summed E-state index contributed by atoms with van der Waals surface area (Å²) in [5.41, 5.74) is 3.52. The van der Waals surface area contributed by atoms with Crippen LogP contribution in [0, 0.1) is 12.7 Å². The summed E-state index contributed by atoms with van der Waals surface area (Å²) in [5.74, 6) is -0.276. The Labute approximate surface area is 179 Å². The number of hydrogen-bond acceptors (Lipinski definition) is 5. The van der Waals surface area contributed by atoms with Gasteiger partial charge in [0.05, 0.1) is 24.9 Å². The summed E-state index contributed by atoms with van der Waals surface area (Å²) in [4.78, 5) is 1.76. The van der Waals surface area contributed by atoms with Gasteiger partial charge in [-0.3, -0.25) is 0 Å². The van der Waals surface area contributed by atoms with Crippen molar-refractivity contribution in [3.05, 3.63) is 82.0 Å². The molecule has 4 rings (SSSR count). The first kappa shape index (κ1) is 21.2. The van der Waals surface area contributed by atoms with E-state index in [9.17, 15) is 19.7 Å². The molecular formula is C24H25FO4S. The van der Waals surface area contributed by atoms with Gasteiger partial charge in [-0.05, 0) is 59.5 Å². The van der Waals surface area contributed by atoms with Crippen LogP contribution in [-0.4, -0.2) is 34.1 Å². The normalized spacial score (nSPS) is 22.8. The largest absolute Gasteiger partial charge is 0.394 e. The molecule has 0 aliphatic carbocycles. The molecule has 2 heterocycles. The maximum absolute atomic E-state index is 13.2. The Morgan fingerprint density at radius 1 is 1.10 bits per heavy atom. The van der Waals surface area contributed by atoms with Gasteiger partial charge in [-0.2, -0.15) is 0 Å². The fraction of sp³-hybridized carbons (Fsp3) is 0.333. The molecule has 158 valence electrons. The molecule has 4 atom stereocenters. The lowest BCUT2D eigenvalue weighted by atomic mass is 9.92. The molecule has 1 aromatic heterocycles. The lowest BCUT2D eigenvalue weighted by Gasteiger charge is -2.33. The number of hydrogen-bond donors (Lipinski definition) is 3. The minimum Gasteiger partial charge on any atom is -0.394 e. The third-order valence-corrected chi connectivity index (χ3v) is 6.76. The van der Waals surface area contributed by atoms with Crippen molar-refractivity contribution in [3.8, 4) is 10.4 Å². The van der Waals surface area contributed by atoms with E-state index in [1.54, 1.807) is 12.1 Å². The van der Waals surface area contributed by atoms with E-state index in [4.69, 9.17) is 4.74 Å². The molecule has 6 heteroatoms. The van der Waals surface area contributed by atoms with Crippen molar-refractivity contribution >= 4 is 11.3 Å². The summed E-state index contributed by atoms with van der Waals surface area (Å²) in [6.07, 6.45) is -1.14. The van der Waals surface area contributed by atoms with Gasteiger partial charge in [-0.25, -0.2) is 4.39 Å². The Bertz CT molecular complexity index is 1000. The van der Waals surface area contributed by atoms with Gasteiger partial charge < -0.3 is 20.1 Å². The summed E-state index contributed by atoms with van der Waals surface area (Å²) in [7, 11) is 0. The molecule has 4 nitrogen and oxygen atoms in total. The van der Waals surface area contributed by atoms with Crippen molar-refractivity contribution in [1.29, 1.82) is 0 Å². The molecule has 4 unspecified atom stereocenters. The molecule has 1 saturated heterocycles. The first-order chi connectivity index (χ1) is 14.4. The van der Waals surface area contributed by atoms with E-state index in [0.717, 1.165) is 32.0 Å². The van der Waals surface area contributed by atoms with Gasteiger partial charge >= 0.3 is 0 Å². The Balaban J connectivity index is 1.59. The fourth-order valence-electron chi connectivity index (χ4n) is 3.90. The maximum Gasteiger partial charge on any atom is 0.123 e. The molecule has 3 N–H and O–H groups in total. The summed E-state index contributed by atoms with van der Waals surface area (Å²) >= 11 is 1.47. The van der Waals surface area contributed by atoms with Crippen LogP contribution < -0.4 is 0 Å². The maximum atomic E-state index is 13.2. The van der Waals surface area contributed by atoms with Crippen LogP contribution >= 0.6 is 11.3 Å². The molecule has 1 aliphatic heterocycles. The molecular weight excluding hydrogens is 403 g/mol. The predicted octanol–water partition coefficient (Wildman–Crippen LogP) is 4.52. The van der Waals surface area contributed by atoms with Gasteiger partial charge in [0, 0.05) is 22.6 Å².